The van der Waals surface area contributed by atoms with E-state index in [0.717, 1.165) is 12.1 Å². The molecule has 0 saturated carbocycles. The Kier molecular flexibility index (Phi) is 6.52. The maximum Gasteiger partial charge on any atom is 0.151 e. The molecule has 1 aromatic heterocycles. The molecule has 0 unspecified atom stereocenters. The standard InChI is InChI=1S/C11H7ClF2N4.C2H6/c12-11-7(4-15-6-16-11)5-17-18-10-2-1-8(13)3-9(10)14;1-2/h1-6,18H;1-2H3/b17-5-;. The Morgan fingerprint density at radius 2 is 2.05 bits per heavy atom. The molecule has 0 amide bonds. The Labute approximate surface area is 120 Å². The molecule has 4 nitrogen and oxygen atoms in total. The summed E-state index contributed by atoms with van der Waals surface area (Å²) >= 11 is 5.76. The normalized spacial score (nSPS) is 10.1. The summed E-state index contributed by atoms with van der Waals surface area (Å²) in [7, 11) is 0. The van der Waals surface area contributed by atoms with Gasteiger partial charge in [0, 0.05) is 12.3 Å². The number of anilines is 1. The minimum atomic E-state index is -0.734. The lowest BCUT2D eigenvalue weighted by atomic mass is 10.3. The van der Waals surface area contributed by atoms with Crippen molar-refractivity contribution in [1.82, 2.24) is 9.97 Å². The Balaban J connectivity index is 0.000000956. The third kappa shape index (κ3) is 4.55. The summed E-state index contributed by atoms with van der Waals surface area (Å²) in [5.74, 6) is -1.39. The lowest BCUT2D eigenvalue weighted by Gasteiger charge is -2.01. The first-order chi connectivity index (χ1) is 9.66. The van der Waals surface area contributed by atoms with Crippen LogP contribution in [0.2, 0.25) is 5.15 Å². The van der Waals surface area contributed by atoms with E-state index in [4.69, 9.17) is 11.6 Å². The van der Waals surface area contributed by atoms with Crippen molar-refractivity contribution >= 4 is 23.5 Å². The molecule has 2 aromatic rings. The van der Waals surface area contributed by atoms with E-state index in [-0.39, 0.29) is 10.8 Å². The first-order valence-corrected chi connectivity index (χ1v) is 6.24. The third-order valence-electron chi connectivity index (χ3n) is 2.01. The summed E-state index contributed by atoms with van der Waals surface area (Å²) in [5, 5.41) is 3.99. The van der Waals surface area contributed by atoms with Crippen LogP contribution in [0.5, 0.6) is 0 Å². The number of hydrogen-bond donors (Lipinski definition) is 1. The topological polar surface area (TPSA) is 50.2 Å². The zero-order chi connectivity index (χ0) is 15.0. The molecule has 0 aliphatic heterocycles. The molecular weight excluding hydrogens is 286 g/mol. The molecule has 0 aliphatic carbocycles. The zero-order valence-electron chi connectivity index (χ0n) is 10.9. The van der Waals surface area contributed by atoms with E-state index < -0.39 is 11.6 Å². The monoisotopic (exact) mass is 298 g/mol. The summed E-state index contributed by atoms with van der Waals surface area (Å²) in [6.45, 7) is 4.00. The highest BCUT2D eigenvalue weighted by atomic mass is 35.5. The van der Waals surface area contributed by atoms with Gasteiger partial charge in [-0.05, 0) is 12.1 Å². The molecule has 0 spiro atoms. The van der Waals surface area contributed by atoms with Gasteiger partial charge in [0.25, 0.3) is 0 Å². The van der Waals surface area contributed by atoms with Gasteiger partial charge in [-0.25, -0.2) is 18.7 Å². The van der Waals surface area contributed by atoms with Crippen molar-refractivity contribution in [3.05, 3.63) is 53.1 Å². The van der Waals surface area contributed by atoms with Gasteiger partial charge >= 0.3 is 0 Å². The smallest absolute Gasteiger partial charge is 0.151 e. The van der Waals surface area contributed by atoms with E-state index in [2.05, 4.69) is 20.5 Å². The lowest BCUT2D eigenvalue weighted by molar-refractivity contribution is 0.585. The van der Waals surface area contributed by atoms with E-state index in [9.17, 15) is 8.78 Å². The Morgan fingerprint density at radius 3 is 2.70 bits per heavy atom. The van der Waals surface area contributed by atoms with Crippen molar-refractivity contribution in [2.24, 2.45) is 5.10 Å². The van der Waals surface area contributed by atoms with Crippen molar-refractivity contribution in [3.8, 4) is 0 Å². The average Bonchev–Trinajstić information content (AvgIpc) is 2.45. The van der Waals surface area contributed by atoms with Crippen LogP contribution >= 0.6 is 11.6 Å². The quantitative estimate of drug-likeness (QED) is 0.531. The summed E-state index contributed by atoms with van der Waals surface area (Å²) in [6, 6.07) is 3.13. The van der Waals surface area contributed by atoms with E-state index >= 15 is 0 Å². The second-order valence-corrected chi connectivity index (χ2v) is 3.62. The number of halogens is 3. The van der Waals surface area contributed by atoms with Crippen LogP contribution in [0.3, 0.4) is 0 Å². The van der Waals surface area contributed by atoms with Crippen molar-refractivity contribution in [2.45, 2.75) is 13.8 Å². The number of hydrazone groups is 1. The fourth-order valence-electron chi connectivity index (χ4n) is 1.16. The molecule has 106 valence electrons. The SMILES string of the molecule is CC.Fc1ccc(N/N=C\c2cncnc2Cl)c(F)c1. The maximum atomic E-state index is 13.2. The van der Waals surface area contributed by atoms with Gasteiger partial charge in [0.15, 0.2) is 5.82 Å². The van der Waals surface area contributed by atoms with Crippen molar-refractivity contribution in [2.75, 3.05) is 5.43 Å². The molecule has 7 heteroatoms. The summed E-state index contributed by atoms with van der Waals surface area (Å²) in [6.07, 6.45) is 4.10. The second-order valence-electron chi connectivity index (χ2n) is 3.26. The van der Waals surface area contributed by atoms with Crippen LogP contribution in [-0.4, -0.2) is 16.2 Å². The van der Waals surface area contributed by atoms with Crippen LogP contribution in [0.1, 0.15) is 19.4 Å². The number of hydrogen-bond acceptors (Lipinski definition) is 4. The molecule has 1 N–H and O–H groups in total. The van der Waals surface area contributed by atoms with Gasteiger partial charge in [0.2, 0.25) is 0 Å². The molecule has 1 heterocycles. The number of aromatic nitrogens is 2. The molecule has 1 aromatic carbocycles. The number of nitrogens with one attached hydrogen (secondary N) is 1. The van der Waals surface area contributed by atoms with E-state index in [1.165, 1.54) is 24.8 Å². The summed E-state index contributed by atoms with van der Waals surface area (Å²) < 4.78 is 25.9. The largest absolute Gasteiger partial charge is 0.276 e. The van der Waals surface area contributed by atoms with Gasteiger partial charge in [-0.3, -0.25) is 5.43 Å². The van der Waals surface area contributed by atoms with Crippen LogP contribution in [0.4, 0.5) is 14.5 Å². The van der Waals surface area contributed by atoms with Crippen LogP contribution in [-0.2, 0) is 0 Å². The molecular formula is C13H13ClF2N4. The predicted molar refractivity (Wildman–Crippen MR) is 76.0 cm³/mol. The van der Waals surface area contributed by atoms with Gasteiger partial charge in [-0.2, -0.15) is 5.10 Å². The molecule has 2 rings (SSSR count). The van der Waals surface area contributed by atoms with Gasteiger partial charge in [0.1, 0.15) is 17.3 Å². The highest BCUT2D eigenvalue weighted by Gasteiger charge is 2.02. The van der Waals surface area contributed by atoms with Gasteiger partial charge < -0.3 is 0 Å². The van der Waals surface area contributed by atoms with Gasteiger partial charge in [-0.15, -0.1) is 0 Å². The number of nitrogens with zero attached hydrogens (tertiary/aromatic N) is 3. The Hall–Kier alpha value is -2.08. The van der Waals surface area contributed by atoms with Crippen LogP contribution in [0.15, 0.2) is 35.8 Å². The lowest BCUT2D eigenvalue weighted by Crippen LogP contribution is -1.95. The van der Waals surface area contributed by atoms with E-state index in [0.29, 0.717) is 5.56 Å². The minimum absolute atomic E-state index is 0.0561. The highest BCUT2D eigenvalue weighted by Crippen LogP contribution is 2.15. The number of rotatable bonds is 3. The van der Waals surface area contributed by atoms with Crippen LogP contribution in [0.25, 0.3) is 0 Å². The molecule has 20 heavy (non-hydrogen) atoms. The maximum absolute atomic E-state index is 13.2. The Bertz CT molecular complexity index is 590. The molecule has 0 radical (unpaired) electrons. The summed E-state index contributed by atoms with van der Waals surface area (Å²) in [5.41, 5.74) is 2.97. The van der Waals surface area contributed by atoms with Gasteiger partial charge in [0.05, 0.1) is 17.5 Å². The molecule has 0 bridgehead atoms. The second kappa shape index (κ2) is 8.16. The molecule has 0 fully saturated rings. The average molecular weight is 299 g/mol. The molecule has 0 atom stereocenters. The highest BCUT2D eigenvalue weighted by molar-refractivity contribution is 6.31. The first kappa shape index (κ1) is 16.0. The predicted octanol–water partition coefficient (Wildman–Crippen LogP) is 3.88. The van der Waals surface area contributed by atoms with Crippen molar-refractivity contribution < 1.29 is 8.78 Å². The van der Waals surface area contributed by atoms with E-state index in [1.54, 1.807) is 0 Å². The number of benzene rings is 1. The fraction of sp³-hybridized carbons (Fsp3) is 0.154. The molecule has 0 aliphatic rings. The third-order valence-corrected chi connectivity index (χ3v) is 2.33. The van der Waals surface area contributed by atoms with Crippen LogP contribution < -0.4 is 5.43 Å². The van der Waals surface area contributed by atoms with Crippen LogP contribution in [0, 0.1) is 11.6 Å². The van der Waals surface area contributed by atoms with E-state index in [1.807, 2.05) is 13.8 Å². The van der Waals surface area contributed by atoms with Crippen molar-refractivity contribution in [3.63, 3.8) is 0 Å². The Morgan fingerprint density at radius 1 is 1.30 bits per heavy atom. The molecule has 0 saturated heterocycles. The zero-order valence-corrected chi connectivity index (χ0v) is 11.7. The fourth-order valence-corrected chi connectivity index (χ4v) is 1.30. The minimum Gasteiger partial charge on any atom is -0.276 e. The van der Waals surface area contributed by atoms with Gasteiger partial charge in [-0.1, -0.05) is 25.4 Å². The van der Waals surface area contributed by atoms with Crippen molar-refractivity contribution in [1.29, 1.82) is 0 Å². The summed E-state index contributed by atoms with van der Waals surface area (Å²) in [4.78, 5) is 7.51. The first-order valence-electron chi connectivity index (χ1n) is 5.86.